The molecule has 4 rings (SSSR count). The minimum absolute atomic E-state index is 0.114. The minimum Gasteiger partial charge on any atom is -0.367 e. The minimum atomic E-state index is -1.33. The number of carbonyl (C=O) groups excluding carboxylic acids is 2. The number of nitrogens with zero attached hydrogens (tertiary/aromatic N) is 6. The number of pyridine rings is 1. The van der Waals surface area contributed by atoms with E-state index in [2.05, 4.69) is 25.7 Å². The summed E-state index contributed by atoms with van der Waals surface area (Å²) in [6.45, 7) is 5.00. The van der Waals surface area contributed by atoms with Crippen molar-refractivity contribution in [3.05, 3.63) is 23.1 Å². The van der Waals surface area contributed by atoms with E-state index in [0.717, 1.165) is 32.4 Å². The molecule has 1 aromatic heterocycles. The van der Waals surface area contributed by atoms with Crippen LogP contribution in [0.2, 0.25) is 0 Å². The fourth-order valence-electron chi connectivity index (χ4n) is 5.54. The SMILES string of the molecule is CN1CCN(C(=O)C2CCN(c3c(F)cncc3NC(=O)C(C(N)N=O)C3NCC(Cl)CN3C)CC2)CC1. The number of aromatic nitrogens is 1. The summed E-state index contributed by atoms with van der Waals surface area (Å²) in [7, 11) is 3.82. The highest BCUT2D eigenvalue weighted by atomic mass is 35.5. The highest BCUT2D eigenvalue weighted by Crippen LogP contribution is 2.33. The normalized spacial score (nSPS) is 25.6. The number of nitrogens with two attached hydrogens (primary N) is 1. The first kappa shape index (κ1) is 28.6. The zero-order chi connectivity index (χ0) is 27.4. The molecule has 210 valence electrons. The number of nitrogens with one attached hydrogen (secondary N) is 2. The number of nitroso groups, excluding NO2 is 1. The van der Waals surface area contributed by atoms with Crippen LogP contribution in [0, 0.1) is 22.6 Å². The third kappa shape index (κ3) is 6.40. The van der Waals surface area contributed by atoms with Gasteiger partial charge in [0, 0.05) is 58.3 Å². The molecule has 3 fully saturated rings. The predicted molar refractivity (Wildman–Crippen MR) is 143 cm³/mol. The van der Waals surface area contributed by atoms with E-state index in [1.807, 2.05) is 21.7 Å². The second-order valence-electron chi connectivity index (χ2n) is 10.4. The molecule has 0 aromatic carbocycles. The van der Waals surface area contributed by atoms with Crippen molar-refractivity contribution in [3.63, 3.8) is 0 Å². The quantitative estimate of drug-likeness (QED) is 0.321. The molecule has 0 aliphatic carbocycles. The molecule has 38 heavy (non-hydrogen) atoms. The smallest absolute Gasteiger partial charge is 0.234 e. The summed E-state index contributed by atoms with van der Waals surface area (Å²) in [5.74, 6) is -2.17. The van der Waals surface area contributed by atoms with Crippen LogP contribution >= 0.6 is 11.6 Å². The maximum atomic E-state index is 15.1. The molecule has 4 atom stereocenters. The van der Waals surface area contributed by atoms with Gasteiger partial charge in [-0.15, -0.1) is 16.5 Å². The number of anilines is 2. The predicted octanol–water partition coefficient (Wildman–Crippen LogP) is 0.286. The number of piperazine rings is 1. The molecule has 4 N–H and O–H groups in total. The van der Waals surface area contributed by atoms with Gasteiger partial charge in [0.1, 0.15) is 11.6 Å². The average molecular weight is 554 g/mol. The van der Waals surface area contributed by atoms with Crippen LogP contribution < -0.4 is 21.3 Å². The number of hydrogen-bond acceptors (Lipinski definition) is 10. The fourth-order valence-corrected chi connectivity index (χ4v) is 5.85. The number of carbonyl (C=O) groups is 2. The molecule has 2 amide bonds. The van der Waals surface area contributed by atoms with Crippen molar-refractivity contribution in [1.29, 1.82) is 0 Å². The van der Waals surface area contributed by atoms with Gasteiger partial charge in [0.25, 0.3) is 0 Å². The summed E-state index contributed by atoms with van der Waals surface area (Å²) in [5.41, 5.74) is 6.33. The van der Waals surface area contributed by atoms with E-state index < -0.39 is 30.0 Å². The third-order valence-corrected chi connectivity index (χ3v) is 8.04. The van der Waals surface area contributed by atoms with Gasteiger partial charge in [-0.05, 0) is 26.9 Å². The molecule has 3 saturated heterocycles. The summed E-state index contributed by atoms with van der Waals surface area (Å²) in [4.78, 5) is 49.5. The summed E-state index contributed by atoms with van der Waals surface area (Å²) < 4.78 is 15.1. The molecular weight excluding hydrogens is 517 g/mol. The van der Waals surface area contributed by atoms with Crippen LogP contribution in [0.1, 0.15) is 12.8 Å². The van der Waals surface area contributed by atoms with Gasteiger partial charge in [-0.2, -0.15) is 0 Å². The first-order valence-electron chi connectivity index (χ1n) is 13.0. The first-order valence-corrected chi connectivity index (χ1v) is 13.5. The van der Waals surface area contributed by atoms with Gasteiger partial charge in [-0.3, -0.25) is 24.8 Å². The van der Waals surface area contributed by atoms with Gasteiger partial charge in [-0.1, -0.05) is 5.18 Å². The van der Waals surface area contributed by atoms with Crippen molar-refractivity contribution < 1.29 is 14.0 Å². The van der Waals surface area contributed by atoms with Crippen molar-refractivity contribution in [2.75, 3.05) is 76.7 Å². The zero-order valence-electron chi connectivity index (χ0n) is 21.9. The number of alkyl halides is 1. The molecule has 3 aliphatic heterocycles. The Balaban J connectivity index is 1.45. The average Bonchev–Trinajstić information content (AvgIpc) is 2.90. The second kappa shape index (κ2) is 12.6. The van der Waals surface area contributed by atoms with Gasteiger partial charge in [0.2, 0.25) is 11.8 Å². The van der Waals surface area contributed by atoms with Crippen molar-refractivity contribution in [1.82, 2.24) is 25.0 Å². The molecule has 0 bridgehead atoms. The topological polar surface area (TPSA) is 140 Å². The van der Waals surface area contributed by atoms with E-state index in [-0.39, 0.29) is 28.6 Å². The lowest BCUT2D eigenvalue weighted by atomic mass is 9.94. The van der Waals surface area contributed by atoms with Crippen molar-refractivity contribution in [3.8, 4) is 0 Å². The molecule has 1 aromatic rings. The zero-order valence-corrected chi connectivity index (χ0v) is 22.6. The highest BCUT2D eigenvalue weighted by molar-refractivity contribution is 6.21. The summed E-state index contributed by atoms with van der Waals surface area (Å²) in [6.07, 6.45) is 1.72. The Kier molecular flexibility index (Phi) is 9.47. The van der Waals surface area contributed by atoms with E-state index in [9.17, 15) is 14.5 Å². The van der Waals surface area contributed by atoms with Crippen LogP contribution in [-0.2, 0) is 9.59 Å². The number of amides is 2. The first-order chi connectivity index (χ1) is 18.2. The molecule has 0 saturated carbocycles. The third-order valence-electron chi connectivity index (χ3n) is 7.75. The Hall–Kier alpha value is -2.45. The molecular formula is C24H37ClFN9O3. The van der Waals surface area contributed by atoms with E-state index in [1.165, 1.54) is 6.20 Å². The van der Waals surface area contributed by atoms with Crippen LogP contribution in [0.15, 0.2) is 17.6 Å². The van der Waals surface area contributed by atoms with Gasteiger partial charge in [0.05, 0.1) is 29.6 Å². The summed E-state index contributed by atoms with van der Waals surface area (Å²) in [6, 6.07) is 0. The lowest BCUT2D eigenvalue weighted by Crippen LogP contribution is -2.62. The second-order valence-corrected chi connectivity index (χ2v) is 11.0. The maximum absolute atomic E-state index is 15.1. The number of piperidine rings is 1. The largest absolute Gasteiger partial charge is 0.367 e. The maximum Gasteiger partial charge on any atom is 0.234 e. The number of likely N-dealkylation sites (N-methyl/N-ethyl adjacent to an activating group) is 1. The van der Waals surface area contributed by atoms with Crippen LogP contribution in [0.25, 0.3) is 0 Å². The summed E-state index contributed by atoms with van der Waals surface area (Å²) in [5, 5.41) is 8.64. The van der Waals surface area contributed by atoms with E-state index >= 15 is 4.39 Å². The molecule has 4 heterocycles. The molecule has 12 nitrogen and oxygen atoms in total. The van der Waals surface area contributed by atoms with Crippen LogP contribution in [-0.4, -0.2) is 116 Å². The molecule has 3 aliphatic rings. The highest BCUT2D eigenvalue weighted by Gasteiger charge is 2.40. The monoisotopic (exact) mass is 553 g/mol. The fraction of sp³-hybridized carbons (Fsp3) is 0.708. The molecule has 0 spiro atoms. The molecule has 14 heteroatoms. The molecule has 4 unspecified atom stereocenters. The van der Waals surface area contributed by atoms with E-state index in [0.29, 0.717) is 39.0 Å². The lowest BCUT2D eigenvalue weighted by molar-refractivity contribution is -0.137. The van der Waals surface area contributed by atoms with E-state index in [1.54, 1.807) is 7.05 Å². The van der Waals surface area contributed by atoms with Crippen LogP contribution in [0.5, 0.6) is 0 Å². The number of rotatable bonds is 7. The number of hydrogen-bond donors (Lipinski definition) is 3. The van der Waals surface area contributed by atoms with Crippen molar-refractivity contribution >= 4 is 34.8 Å². The van der Waals surface area contributed by atoms with Crippen molar-refractivity contribution in [2.45, 2.75) is 30.6 Å². The Labute approximate surface area is 227 Å². The van der Waals surface area contributed by atoms with Crippen LogP contribution in [0.4, 0.5) is 15.8 Å². The van der Waals surface area contributed by atoms with Gasteiger partial charge in [0.15, 0.2) is 12.0 Å². The lowest BCUT2D eigenvalue weighted by Gasteiger charge is -2.40. The molecule has 0 radical (unpaired) electrons. The van der Waals surface area contributed by atoms with Crippen molar-refractivity contribution in [2.24, 2.45) is 22.7 Å². The standard InChI is InChI=1S/C24H37ClFN9O3/c1-32-7-9-35(10-8-32)24(37)15-3-5-34(6-4-15)20-17(26)12-28-13-18(20)30-23(36)19(21(27)31-38)22-29-11-16(25)14-33(22)2/h12-13,15-16,19,21-22,29H,3-11,14,27H2,1-2H3,(H,30,36). The van der Waals surface area contributed by atoms with E-state index in [4.69, 9.17) is 17.3 Å². The Morgan fingerprint density at radius 3 is 2.50 bits per heavy atom. The Morgan fingerprint density at radius 2 is 1.87 bits per heavy atom. The number of halogens is 2. The Morgan fingerprint density at radius 1 is 1.18 bits per heavy atom. The van der Waals surface area contributed by atoms with Gasteiger partial charge >= 0.3 is 0 Å². The Bertz CT molecular complexity index is 1000. The summed E-state index contributed by atoms with van der Waals surface area (Å²) >= 11 is 6.21. The van der Waals surface area contributed by atoms with Gasteiger partial charge in [-0.25, -0.2) is 4.39 Å². The van der Waals surface area contributed by atoms with Gasteiger partial charge < -0.3 is 25.8 Å². The van der Waals surface area contributed by atoms with Crippen LogP contribution in [0.3, 0.4) is 0 Å².